The van der Waals surface area contributed by atoms with E-state index in [1.165, 1.54) is 0 Å². The molecule has 0 saturated carbocycles. The zero-order chi connectivity index (χ0) is 23.5. The van der Waals surface area contributed by atoms with Crippen molar-refractivity contribution < 1.29 is 18.6 Å². The van der Waals surface area contributed by atoms with Gasteiger partial charge in [0.05, 0.1) is 32.0 Å². The van der Waals surface area contributed by atoms with Gasteiger partial charge in [-0.05, 0) is 54.2 Å². The third-order valence-electron chi connectivity index (χ3n) is 5.59. The Bertz CT molecular complexity index is 1370. The van der Waals surface area contributed by atoms with Crippen molar-refractivity contribution in [2.75, 3.05) is 13.9 Å². The number of aromatic amines is 1. The van der Waals surface area contributed by atoms with E-state index in [0.717, 1.165) is 22.5 Å². The van der Waals surface area contributed by atoms with Crippen LogP contribution in [0.15, 0.2) is 70.1 Å². The van der Waals surface area contributed by atoms with Gasteiger partial charge in [-0.2, -0.15) is 0 Å². The summed E-state index contributed by atoms with van der Waals surface area (Å²) < 4.78 is 21.6. The Morgan fingerprint density at radius 3 is 2.65 bits per heavy atom. The van der Waals surface area contributed by atoms with E-state index in [0.29, 0.717) is 47.3 Å². The molecule has 1 aliphatic heterocycles. The molecule has 2 aromatic carbocycles. The second-order valence-electron chi connectivity index (χ2n) is 7.86. The van der Waals surface area contributed by atoms with Crippen LogP contribution in [0, 0.1) is 0 Å². The van der Waals surface area contributed by atoms with Crippen molar-refractivity contribution in [2.45, 2.75) is 19.6 Å². The molecule has 9 heteroatoms. The highest BCUT2D eigenvalue weighted by Crippen LogP contribution is 2.35. The largest absolute Gasteiger partial charge is 0.497 e. The first-order valence-electron chi connectivity index (χ1n) is 10.7. The Morgan fingerprint density at radius 2 is 1.91 bits per heavy atom. The zero-order valence-electron chi connectivity index (χ0n) is 18.5. The van der Waals surface area contributed by atoms with Crippen LogP contribution in [-0.4, -0.2) is 28.9 Å². The van der Waals surface area contributed by atoms with Crippen molar-refractivity contribution in [3.63, 3.8) is 0 Å². The van der Waals surface area contributed by atoms with Crippen molar-refractivity contribution in [1.82, 2.24) is 15.2 Å². The zero-order valence-corrected chi connectivity index (χ0v) is 19.3. The summed E-state index contributed by atoms with van der Waals surface area (Å²) in [6, 6.07) is 17.0. The molecule has 0 bridgehead atoms. The molecule has 2 aromatic heterocycles. The second kappa shape index (κ2) is 9.48. The van der Waals surface area contributed by atoms with Gasteiger partial charge in [0.25, 0.3) is 5.56 Å². The van der Waals surface area contributed by atoms with Crippen LogP contribution in [0.25, 0.3) is 10.9 Å². The number of nitrogens with zero attached hydrogens (tertiary/aromatic N) is 1. The summed E-state index contributed by atoms with van der Waals surface area (Å²) in [5.74, 6) is 2.83. The number of aromatic nitrogens is 1. The van der Waals surface area contributed by atoms with Gasteiger partial charge in [0.1, 0.15) is 11.5 Å². The number of rotatable bonds is 7. The number of H-pyrrole nitrogens is 1. The van der Waals surface area contributed by atoms with Crippen LogP contribution in [-0.2, 0) is 19.6 Å². The number of hydrogen-bond acceptors (Lipinski definition) is 6. The SMILES string of the molecule is COc1ccc(CN(Cc2cc3cc4c(cc3[nH]c2=O)OCO4)C(=S)NCc2ccco2)cc1. The summed E-state index contributed by atoms with van der Waals surface area (Å²) in [4.78, 5) is 17.8. The fourth-order valence-corrected chi connectivity index (χ4v) is 4.00. The smallest absolute Gasteiger partial charge is 0.253 e. The van der Waals surface area contributed by atoms with Crippen molar-refractivity contribution >= 4 is 28.2 Å². The summed E-state index contributed by atoms with van der Waals surface area (Å²) in [5, 5.41) is 4.60. The first-order valence-corrected chi connectivity index (χ1v) is 11.1. The van der Waals surface area contributed by atoms with Gasteiger partial charge in [0.2, 0.25) is 6.79 Å². The number of nitrogens with one attached hydrogen (secondary N) is 2. The highest BCUT2D eigenvalue weighted by molar-refractivity contribution is 7.80. The number of ether oxygens (including phenoxy) is 3. The summed E-state index contributed by atoms with van der Waals surface area (Å²) in [7, 11) is 1.63. The minimum Gasteiger partial charge on any atom is -0.497 e. The maximum Gasteiger partial charge on any atom is 0.253 e. The number of pyridine rings is 1. The first kappa shape index (κ1) is 21.8. The lowest BCUT2D eigenvalue weighted by Gasteiger charge is -2.26. The molecule has 8 nitrogen and oxygen atoms in total. The Kier molecular flexibility index (Phi) is 6.09. The van der Waals surface area contributed by atoms with Gasteiger partial charge in [0, 0.05) is 23.6 Å². The van der Waals surface area contributed by atoms with Crippen LogP contribution >= 0.6 is 12.2 Å². The normalized spacial score (nSPS) is 12.0. The molecule has 2 N–H and O–H groups in total. The quantitative estimate of drug-likeness (QED) is 0.387. The number of furan rings is 1. The van der Waals surface area contributed by atoms with Crippen LogP contribution in [0.4, 0.5) is 0 Å². The molecule has 174 valence electrons. The molecule has 0 atom stereocenters. The van der Waals surface area contributed by atoms with Gasteiger partial charge >= 0.3 is 0 Å². The van der Waals surface area contributed by atoms with Gasteiger partial charge in [-0.3, -0.25) is 4.79 Å². The number of methoxy groups -OCH3 is 1. The average molecular weight is 478 g/mol. The van der Waals surface area contributed by atoms with Gasteiger partial charge in [-0.25, -0.2) is 0 Å². The molecular formula is C25H23N3O5S. The van der Waals surface area contributed by atoms with Gasteiger partial charge < -0.3 is 33.8 Å². The molecule has 0 unspecified atom stereocenters. The van der Waals surface area contributed by atoms with Gasteiger partial charge in [-0.1, -0.05) is 12.1 Å². The van der Waals surface area contributed by atoms with E-state index < -0.39 is 0 Å². The molecule has 34 heavy (non-hydrogen) atoms. The Balaban J connectivity index is 1.41. The minimum atomic E-state index is -0.181. The van der Waals surface area contributed by atoms with Crippen LogP contribution < -0.4 is 25.1 Å². The molecule has 1 aliphatic rings. The van der Waals surface area contributed by atoms with E-state index in [-0.39, 0.29) is 12.4 Å². The van der Waals surface area contributed by atoms with Crippen molar-refractivity contribution in [2.24, 2.45) is 0 Å². The maximum atomic E-state index is 12.9. The minimum absolute atomic E-state index is 0.175. The molecule has 5 rings (SSSR count). The van der Waals surface area contributed by atoms with Crippen LogP contribution in [0.3, 0.4) is 0 Å². The van der Waals surface area contributed by atoms with Crippen molar-refractivity contribution in [1.29, 1.82) is 0 Å². The lowest BCUT2D eigenvalue weighted by Crippen LogP contribution is -2.39. The Hall–Kier alpha value is -3.98. The molecule has 0 saturated heterocycles. The molecule has 0 amide bonds. The van der Waals surface area contributed by atoms with E-state index in [4.69, 9.17) is 30.8 Å². The summed E-state index contributed by atoms with van der Waals surface area (Å²) in [6.07, 6.45) is 1.62. The highest BCUT2D eigenvalue weighted by Gasteiger charge is 2.18. The van der Waals surface area contributed by atoms with E-state index in [9.17, 15) is 4.79 Å². The first-order chi connectivity index (χ1) is 16.6. The van der Waals surface area contributed by atoms with E-state index in [1.54, 1.807) is 19.4 Å². The number of thiocarbonyl (C=S) groups is 1. The van der Waals surface area contributed by atoms with Gasteiger partial charge in [-0.15, -0.1) is 0 Å². The third kappa shape index (κ3) is 4.69. The lowest BCUT2D eigenvalue weighted by atomic mass is 10.1. The fourth-order valence-electron chi connectivity index (χ4n) is 3.80. The van der Waals surface area contributed by atoms with E-state index in [2.05, 4.69) is 10.3 Å². The molecule has 4 aromatic rings. The lowest BCUT2D eigenvalue weighted by molar-refractivity contribution is 0.174. The molecule has 0 fully saturated rings. The van der Waals surface area contributed by atoms with Gasteiger partial charge in [0.15, 0.2) is 16.6 Å². The van der Waals surface area contributed by atoms with Crippen molar-refractivity contribution in [3.05, 3.63) is 88.1 Å². The average Bonchev–Trinajstić information content (AvgIpc) is 3.53. The Morgan fingerprint density at radius 1 is 1.12 bits per heavy atom. The highest BCUT2D eigenvalue weighted by atomic mass is 32.1. The molecule has 0 spiro atoms. The number of benzene rings is 2. The van der Waals surface area contributed by atoms with E-state index >= 15 is 0 Å². The second-order valence-corrected chi connectivity index (χ2v) is 8.25. The van der Waals surface area contributed by atoms with Crippen molar-refractivity contribution in [3.8, 4) is 17.2 Å². The monoisotopic (exact) mass is 477 g/mol. The van der Waals surface area contributed by atoms with Crippen LogP contribution in [0.1, 0.15) is 16.9 Å². The standard InChI is InChI=1S/C25H23N3O5S/c1-30-19-6-4-16(5-7-19)13-28(25(34)26-12-20-3-2-8-31-20)14-18-9-17-10-22-23(33-15-32-22)11-21(17)27-24(18)29/h2-11H,12-15H2,1H3,(H,26,34)(H,27,29). The number of fused-ring (bicyclic) bond motifs is 2. The number of hydrogen-bond donors (Lipinski definition) is 2. The van der Waals surface area contributed by atoms with E-state index in [1.807, 2.05) is 53.4 Å². The molecule has 0 radical (unpaired) electrons. The topological polar surface area (TPSA) is 89.0 Å². The summed E-state index contributed by atoms with van der Waals surface area (Å²) >= 11 is 5.70. The summed E-state index contributed by atoms with van der Waals surface area (Å²) in [5.41, 5.74) is 2.13. The molecule has 3 heterocycles. The predicted octanol–water partition coefficient (Wildman–Crippen LogP) is 3.94. The van der Waals surface area contributed by atoms with Crippen LogP contribution in [0.2, 0.25) is 0 Å². The fraction of sp³-hybridized carbons (Fsp3) is 0.200. The van der Waals surface area contributed by atoms with Crippen LogP contribution in [0.5, 0.6) is 17.2 Å². The molecule has 0 aliphatic carbocycles. The predicted molar refractivity (Wildman–Crippen MR) is 131 cm³/mol. The third-order valence-corrected chi connectivity index (χ3v) is 5.99. The Labute approximate surface area is 201 Å². The summed E-state index contributed by atoms with van der Waals surface area (Å²) in [6.45, 7) is 1.44. The maximum absolute atomic E-state index is 12.9. The molecular weight excluding hydrogens is 454 g/mol.